The van der Waals surface area contributed by atoms with E-state index in [1.807, 2.05) is 0 Å². The largest absolute Gasteiger partial charge is 0.454 e. The van der Waals surface area contributed by atoms with Gasteiger partial charge in [-0.2, -0.15) is 0 Å². The first kappa shape index (κ1) is 13.1. The fourth-order valence-electron chi connectivity index (χ4n) is 4.42. The van der Waals surface area contributed by atoms with Crippen LogP contribution in [0, 0.1) is 11.3 Å². The van der Waals surface area contributed by atoms with E-state index in [9.17, 15) is 15.0 Å². The SMILES string of the molecule is CC1=C2C[C@@H]3[C@](C)(CCC[C@]3(O)CO)C[C@@H]2OC1=O. The van der Waals surface area contributed by atoms with E-state index in [2.05, 4.69) is 6.92 Å². The molecule has 2 aliphatic carbocycles. The highest BCUT2D eigenvalue weighted by Gasteiger charge is 2.56. The number of aliphatic hydroxyl groups is 2. The third kappa shape index (κ3) is 1.77. The first-order chi connectivity index (χ1) is 8.89. The maximum atomic E-state index is 11.7. The summed E-state index contributed by atoms with van der Waals surface area (Å²) in [4.78, 5) is 11.7. The Bertz CT molecular complexity index is 455. The zero-order chi connectivity index (χ0) is 13.8. The molecule has 4 nitrogen and oxygen atoms in total. The Hall–Kier alpha value is -0.870. The quantitative estimate of drug-likeness (QED) is 0.707. The van der Waals surface area contributed by atoms with Gasteiger partial charge in [0.1, 0.15) is 6.10 Å². The average Bonchev–Trinajstić information content (AvgIpc) is 2.62. The predicted molar refractivity (Wildman–Crippen MR) is 69.3 cm³/mol. The number of carbonyl (C=O) groups excluding carboxylic acids is 1. The number of esters is 1. The maximum absolute atomic E-state index is 11.7. The normalized spacial score (nSPS) is 45.8. The molecule has 2 fully saturated rings. The zero-order valence-corrected chi connectivity index (χ0v) is 11.6. The van der Waals surface area contributed by atoms with Crippen LogP contribution in [-0.4, -0.2) is 34.5 Å². The second-order valence-electron chi connectivity index (χ2n) is 6.77. The Balaban J connectivity index is 1.98. The van der Waals surface area contributed by atoms with E-state index in [0.717, 1.165) is 24.8 Å². The molecular weight excluding hydrogens is 244 g/mol. The van der Waals surface area contributed by atoms with Crippen molar-refractivity contribution in [1.82, 2.24) is 0 Å². The second kappa shape index (κ2) is 4.06. The van der Waals surface area contributed by atoms with Crippen LogP contribution in [-0.2, 0) is 9.53 Å². The standard InChI is InChI=1S/C15H22O4/c1-9-10-6-12-14(2,7-11(10)19-13(9)17)4-3-5-15(12,18)8-16/h11-12,16,18H,3-8H2,1-2H3/t11-,12+,14+,15-/m0/s1. The van der Waals surface area contributed by atoms with Crippen LogP contribution in [0.25, 0.3) is 0 Å². The Morgan fingerprint density at radius 3 is 2.84 bits per heavy atom. The van der Waals surface area contributed by atoms with Gasteiger partial charge in [0.2, 0.25) is 0 Å². The Morgan fingerprint density at radius 1 is 1.42 bits per heavy atom. The minimum atomic E-state index is -1.00. The van der Waals surface area contributed by atoms with Gasteiger partial charge in [0.25, 0.3) is 0 Å². The Morgan fingerprint density at radius 2 is 2.16 bits per heavy atom. The van der Waals surface area contributed by atoms with Crippen molar-refractivity contribution in [2.45, 2.75) is 57.7 Å². The highest BCUT2D eigenvalue weighted by Crippen LogP contribution is 2.57. The maximum Gasteiger partial charge on any atom is 0.334 e. The average molecular weight is 266 g/mol. The first-order valence-electron chi connectivity index (χ1n) is 7.13. The van der Waals surface area contributed by atoms with Gasteiger partial charge in [-0.05, 0) is 55.9 Å². The molecule has 0 amide bonds. The topological polar surface area (TPSA) is 66.8 Å². The molecule has 0 aromatic carbocycles. The number of rotatable bonds is 1. The third-order valence-electron chi connectivity index (χ3n) is 5.62. The van der Waals surface area contributed by atoms with E-state index >= 15 is 0 Å². The molecule has 3 aliphatic rings. The molecule has 0 aromatic rings. The smallest absolute Gasteiger partial charge is 0.334 e. The van der Waals surface area contributed by atoms with Crippen molar-refractivity contribution in [3.63, 3.8) is 0 Å². The van der Waals surface area contributed by atoms with E-state index in [1.54, 1.807) is 6.92 Å². The zero-order valence-electron chi connectivity index (χ0n) is 11.6. The summed E-state index contributed by atoms with van der Waals surface area (Å²) in [5, 5.41) is 20.3. The summed E-state index contributed by atoms with van der Waals surface area (Å²) < 4.78 is 5.44. The monoisotopic (exact) mass is 266 g/mol. The van der Waals surface area contributed by atoms with Gasteiger partial charge < -0.3 is 14.9 Å². The van der Waals surface area contributed by atoms with E-state index in [0.29, 0.717) is 18.4 Å². The summed E-state index contributed by atoms with van der Waals surface area (Å²) in [6, 6.07) is 0. The molecule has 0 spiro atoms. The summed E-state index contributed by atoms with van der Waals surface area (Å²) in [5.74, 6) is -0.191. The summed E-state index contributed by atoms with van der Waals surface area (Å²) in [5.41, 5.74) is 0.699. The van der Waals surface area contributed by atoms with Gasteiger partial charge in [-0.25, -0.2) is 4.79 Å². The van der Waals surface area contributed by atoms with Crippen molar-refractivity contribution in [2.24, 2.45) is 11.3 Å². The van der Waals surface area contributed by atoms with Crippen molar-refractivity contribution in [2.75, 3.05) is 6.61 Å². The van der Waals surface area contributed by atoms with Gasteiger partial charge in [0, 0.05) is 5.57 Å². The number of aliphatic hydroxyl groups excluding tert-OH is 1. The van der Waals surface area contributed by atoms with Gasteiger partial charge in [0.05, 0.1) is 12.2 Å². The fourth-order valence-corrected chi connectivity index (χ4v) is 4.42. The lowest BCUT2D eigenvalue weighted by Gasteiger charge is -2.54. The van der Waals surface area contributed by atoms with Gasteiger partial charge in [-0.3, -0.25) is 0 Å². The van der Waals surface area contributed by atoms with Crippen molar-refractivity contribution < 1.29 is 19.7 Å². The molecule has 0 bridgehead atoms. The van der Waals surface area contributed by atoms with Crippen LogP contribution in [0.15, 0.2) is 11.1 Å². The van der Waals surface area contributed by atoms with E-state index in [4.69, 9.17) is 4.74 Å². The van der Waals surface area contributed by atoms with Gasteiger partial charge in [-0.15, -0.1) is 0 Å². The molecule has 0 unspecified atom stereocenters. The van der Waals surface area contributed by atoms with E-state index in [1.165, 1.54) is 0 Å². The van der Waals surface area contributed by atoms with Crippen LogP contribution in [0.1, 0.15) is 46.0 Å². The highest BCUT2D eigenvalue weighted by molar-refractivity contribution is 5.91. The molecular formula is C15H22O4. The third-order valence-corrected chi connectivity index (χ3v) is 5.62. The van der Waals surface area contributed by atoms with Gasteiger partial charge in [0.15, 0.2) is 0 Å². The molecule has 4 atom stereocenters. The lowest BCUT2D eigenvalue weighted by Crippen LogP contribution is -2.55. The predicted octanol–water partition coefficient (Wildman–Crippen LogP) is 1.55. The Kier molecular flexibility index (Phi) is 2.81. The number of hydrogen-bond donors (Lipinski definition) is 2. The molecule has 0 saturated heterocycles. The molecule has 3 rings (SSSR count). The van der Waals surface area contributed by atoms with Gasteiger partial charge in [-0.1, -0.05) is 6.92 Å². The second-order valence-corrected chi connectivity index (χ2v) is 6.77. The van der Waals surface area contributed by atoms with E-state index in [-0.39, 0.29) is 30.0 Å². The lowest BCUT2D eigenvalue weighted by atomic mass is 9.53. The molecule has 4 heteroatoms. The summed E-state index contributed by atoms with van der Waals surface area (Å²) in [6.45, 7) is 3.77. The molecule has 106 valence electrons. The number of carbonyl (C=O) groups is 1. The van der Waals surface area contributed by atoms with E-state index < -0.39 is 5.60 Å². The number of hydrogen-bond acceptors (Lipinski definition) is 4. The van der Waals surface area contributed by atoms with Crippen molar-refractivity contribution in [3.05, 3.63) is 11.1 Å². The highest BCUT2D eigenvalue weighted by atomic mass is 16.5. The first-order valence-corrected chi connectivity index (χ1v) is 7.13. The van der Waals surface area contributed by atoms with Crippen LogP contribution in [0.5, 0.6) is 0 Å². The van der Waals surface area contributed by atoms with Crippen LogP contribution >= 0.6 is 0 Å². The van der Waals surface area contributed by atoms with Crippen molar-refractivity contribution in [1.29, 1.82) is 0 Å². The van der Waals surface area contributed by atoms with Crippen LogP contribution in [0.4, 0.5) is 0 Å². The van der Waals surface area contributed by atoms with Crippen LogP contribution in [0.2, 0.25) is 0 Å². The summed E-state index contributed by atoms with van der Waals surface area (Å²) in [6.07, 6.45) is 3.95. The lowest BCUT2D eigenvalue weighted by molar-refractivity contribution is -0.159. The molecule has 0 aromatic heterocycles. The molecule has 1 heterocycles. The van der Waals surface area contributed by atoms with Gasteiger partial charge >= 0.3 is 5.97 Å². The number of ether oxygens (including phenoxy) is 1. The summed E-state index contributed by atoms with van der Waals surface area (Å²) in [7, 11) is 0. The fraction of sp³-hybridized carbons (Fsp3) is 0.800. The molecule has 19 heavy (non-hydrogen) atoms. The van der Waals surface area contributed by atoms with Crippen LogP contribution < -0.4 is 0 Å². The van der Waals surface area contributed by atoms with Crippen molar-refractivity contribution in [3.8, 4) is 0 Å². The van der Waals surface area contributed by atoms with Crippen LogP contribution in [0.3, 0.4) is 0 Å². The minimum Gasteiger partial charge on any atom is -0.454 e. The molecule has 2 saturated carbocycles. The summed E-state index contributed by atoms with van der Waals surface area (Å²) >= 11 is 0. The molecule has 1 aliphatic heterocycles. The molecule has 0 radical (unpaired) electrons. The Labute approximate surface area is 113 Å². The number of fused-ring (bicyclic) bond motifs is 2. The minimum absolute atomic E-state index is 0.0226. The molecule has 2 N–H and O–H groups in total. The van der Waals surface area contributed by atoms with Crippen molar-refractivity contribution >= 4 is 5.97 Å².